The van der Waals surface area contributed by atoms with Crippen LogP contribution in [0.25, 0.3) is 0 Å². The van der Waals surface area contributed by atoms with Crippen LogP contribution in [-0.2, 0) is 13.0 Å². The van der Waals surface area contributed by atoms with Crippen LogP contribution in [0.1, 0.15) is 11.4 Å². The number of rotatable bonds is 4. The maximum atomic E-state index is 12.7. The van der Waals surface area contributed by atoms with Gasteiger partial charge in [-0.2, -0.15) is 4.80 Å². The largest absolute Gasteiger partial charge is 0.329 e. The van der Waals surface area contributed by atoms with Gasteiger partial charge in [0.2, 0.25) is 0 Å². The van der Waals surface area contributed by atoms with Gasteiger partial charge >= 0.3 is 0 Å². The zero-order chi connectivity index (χ0) is 11.4. The van der Waals surface area contributed by atoms with Crippen molar-refractivity contribution in [1.29, 1.82) is 0 Å². The standard InChI is InChI=1S/C10H12FN5/c11-9-3-1-8(2-4-9)7-10-13-15-16(14-10)6-5-12/h1-4H,5-7,12H2. The van der Waals surface area contributed by atoms with Crippen molar-refractivity contribution in [2.24, 2.45) is 5.73 Å². The monoisotopic (exact) mass is 221 g/mol. The van der Waals surface area contributed by atoms with E-state index in [2.05, 4.69) is 15.4 Å². The van der Waals surface area contributed by atoms with Crippen molar-refractivity contribution in [3.63, 3.8) is 0 Å². The first-order chi connectivity index (χ1) is 7.78. The number of hydrogen-bond donors (Lipinski definition) is 1. The molecule has 1 heterocycles. The molecule has 0 atom stereocenters. The third kappa shape index (κ3) is 2.60. The van der Waals surface area contributed by atoms with Crippen molar-refractivity contribution < 1.29 is 4.39 Å². The normalized spacial score (nSPS) is 10.6. The summed E-state index contributed by atoms with van der Waals surface area (Å²) in [5, 5.41) is 11.9. The zero-order valence-corrected chi connectivity index (χ0v) is 8.67. The van der Waals surface area contributed by atoms with Gasteiger partial charge in [-0.25, -0.2) is 4.39 Å². The van der Waals surface area contributed by atoms with E-state index in [1.807, 2.05) is 0 Å². The molecular formula is C10H12FN5. The highest BCUT2D eigenvalue weighted by atomic mass is 19.1. The molecule has 0 bridgehead atoms. The van der Waals surface area contributed by atoms with Gasteiger partial charge in [0.15, 0.2) is 5.82 Å². The van der Waals surface area contributed by atoms with Crippen LogP contribution in [-0.4, -0.2) is 26.8 Å². The fraction of sp³-hybridized carbons (Fsp3) is 0.300. The predicted molar refractivity (Wildman–Crippen MR) is 56.1 cm³/mol. The van der Waals surface area contributed by atoms with E-state index in [4.69, 9.17) is 5.73 Å². The number of nitrogens with two attached hydrogens (primary N) is 1. The van der Waals surface area contributed by atoms with Crippen LogP contribution in [0.15, 0.2) is 24.3 Å². The molecule has 1 aromatic heterocycles. The predicted octanol–water partition coefficient (Wildman–Crippen LogP) is 0.362. The van der Waals surface area contributed by atoms with Gasteiger partial charge in [-0.15, -0.1) is 10.2 Å². The fourth-order valence-electron chi connectivity index (χ4n) is 1.34. The lowest BCUT2D eigenvalue weighted by molar-refractivity contribution is 0.529. The Morgan fingerprint density at radius 3 is 2.69 bits per heavy atom. The van der Waals surface area contributed by atoms with E-state index in [1.165, 1.54) is 16.9 Å². The molecule has 0 radical (unpaired) electrons. The highest BCUT2D eigenvalue weighted by Crippen LogP contribution is 2.06. The van der Waals surface area contributed by atoms with E-state index in [9.17, 15) is 4.39 Å². The van der Waals surface area contributed by atoms with Gasteiger partial charge in [0.1, 0.15) is 5.82 Å². The molecule has 2 rings (SSSR count). The summed E-state index contributed by atoms with van der Waals surface area (Å²) in [5.74, 6) is 0.364. The van der Waals surface area contributed by atoms with Gasteiger partial charge in [0.05, 0.1) is 6.54 Å². The highest BCUT2D eigenvalue weighted by Gasteiger charge is 2.03. The SMILES string of the molecule is NCCn1nnc(Cc2ccc(F)cc2)n1. The number of aromatic nitrogens is 4. The minimum absolute atomic E-state index is 0.247. The summed E-state index contributed by atoms with van der Waals surface area (Å²) in [6, 6.07) is 6.25. The Labute approximate surface area is 92.1 Å². The molecule has 0 aliphatic rings. The van der Waals surface area contributed by atoms with Crippen molar-refractivity contribution in [2.45, 2.75) is 13.0 Å². The van der Waals surface area contributed by atoms with Crippen molar-refractivity contribution in [1.82, 2.24) is 20.2 Å². The second kappa shape index (κ2) is 4.80. The Hall–Kier alpha value is -1.82. The number of hydrogen-bond acceptors (Lipinski definition) is 4. The molecule has 0 fully saturated rings. The summed E-state index contributed by atoms with van der Waals surface area (Å²) >= 11 is 0. The van der Waals surface area contributed by atoms with E-state index in [0.29, 0.717) is 25.3 Å². The van der Waals surface area contributed by atoms with Gasteiger partial charge in [-0.3, -0.25) is 0 Å². The topological polar surface area (TPSA) is 69.6 Å². The van der Waals surface area contributed by atoms with Crippen LogP contribution >= 0.6 is 0 Å². The first-order valence-electron chi connectivity index (χ1n) is 4.99. The lowest BCUT2D eigenvalue weighted by Gasteiger charge is -1.96. The number of tetrazole rings is 1. The molecule has 0 spiro atoms. The van der Waals surface area contributed by atoms with Crippen molar-refractivity contribution >= 4 is 0 Å². The van der Waals surface area contributed by atoms with Crippen molar-refractivity contribution in [3.8, 4) is 0 Å². The Morgan fingerprint density at radius 1 is 1.25 bits per heavy atom. The van der Waals surface area contributed by atoms with E-state index < -0.39 is 0 Å². The van der Waals surface area contributed by atoms with Crippen LogP contribution in [0.2, 0.25) is 0 Å². The number of halogens is 1. The van der Waals surface area contributed by atoms with Crippen LogP contribution < -0.4 is 5.73 Å². The van der Waals surface area contributed by atoms with Crippen LogP contribution in [0.5, 0.6) is 0 Å². The van der Waals surface area contributed by atoms with Crippen LogP contribution in [0.3, 0.4) is 0 Å². The van der Waals surface area contributed by atoms with Gasteiger partial charge in [-0.1, -0.05) is 12.1 Å². The first-order valence-corrected chi connectivity index (χ1v) is 4.99. The summed E-state index contributed by atoms with van der Waals surface area (Å²) < 4.78 is 12.7. The quantitative estimate of drug-likeness (QED) is 0.809. The number of nitrogens with zero attached hydrogens (tertiary/aromatic N) is 4. The van der Waals surface area contributed by atoms with E-state index in [0.717, 1.165) is 5.56 Å². The second-order valence-electron chi connectivity index (χ2n) is 3.39. The Kier molecular flexibility index (Phi) is 3.21. The molecular weight excluding hydrogens is 209 g/mol. The lowest BCUT2D eigenvalue weighted by atomic mass is 10.1. The Morgan fingerprint density at radius 2 is 2.00 bits per heavy atom. The molecule has 5 nitrogen and oxygen atoms in total. The summed E-state index contributed by atoms with van der Waals surface area (Å²) in [7, 11) is 0. The van der Waals surface area contributed by atoms with Gasteiger partial charge in [0.25, 0.3) is 0 Å². The van der Waals surface area contributed by atoms with E-state index >= 15 is 0 Å². The molecule has 2 N–H and O–H groups in total. The fourth-order valence-corrected chi connectivity index (χ4v) is 1.34. The molecule has 0 amide bonds. The first kappa shape index (κ1) is 10.7. The summed E-state index contributed by atoms with van der Waals surface area (Å²) in [4.78, 5) is 1.46. The molecule has 0 saturated carbocycles. The summed E-state index contributed by atoms with van der Waals surface area (Å²) in [5.41, 5.74) is 6.32. The molecule has 0 saturated heterocycles. The second-order valence-corrected chi connectivity index (χ2v) is 3.39. The van der Waals surface area contributed by atoms with Crippen molar-refractivity contribution in [3.05, 3.63) is 41.5 Å². The van der Waals surface area contributed by atoms with Crippen LogP contribution in [0.4, 0.5) is 4.39 Å². The molecule has 6 heteroatoms. The molecule has 16 heavy (non-hydrogen) atoms. The maximum absolute atomic E-state index is 12.7. The molecule has 1 aromatic carbocycles. The van der Waals surface area contributed by atoms with Crippen LogP contribution in [0, 0.1) is 5.82 Å². The average Bonchev–Trinajstić information content (AvgIpc) is 2.70. The summed E-state index contributed by atoms with van der Waals surface area (Å²) in [6.07, 6.45) is 0.546. The van der Waals surface area contributed by atoms with Gasteiger partial charge < -0.3 is 5.73 Å². The summed E-state index contributed by atoms with van der Waals surface area (Å²) in [6.45, 7) is 1.03. The molecule has 84 valence electrons. The third-order valence-corrected chi connectivity index (χ3v) is 2.10. The molecule has 0 unspecified atom stereocenters. The highest BCUT2D eigenvalue weighted by molar-refractivity contribution is 5.19. The minimum Gasteiger partial charge on any atom is -0.329 e. The van der Waals surface area contributed by atoms with Gasteiger partial charge in [0, 0.05) is 13.0 Å². The molecule has 0 aliphatic heterocycles. The molecule has 2 aromatic rings. The Bertz CT molecular complexity index is 450. The smallest absolute Gasteiger partial charge is 0.179 e. The lowest BCUT2D eigenvalue weighted by Crippen LogP contribution is -2.12. The van der Waals surface area contributed by atoms with Crippen molar-refractivity contribution in [2.75, 3.05) is 6.54 Å². The maximum Gasteiger partial charge on any atom is 0.179 e. The Balaban J connectivity index is 2.05. The minimum atomic E-state index is -0.247. The molecule has 0 aliphatic carbocycles. The third-order valence-electron chi connectivity index (χ3n) is 2.10. The zero-order valence-electron chi connectivity index (χ0n) is 8.67. The number of benzene rings is 1. The van der Waals surface area contributed by atoms with E-state index in [1.54, 1.807) is 12.1 Å². The average molecular weight is 221 g/mol. The van der Waals surface area contributed by atoms with Gasteiger partial charge in [-0.05, 0) is 22.9 Å². The van der Waals surface area contributed by atoms with E-state index in [-0.39, 0.29) is 5.82 Å².